The molecule has 0 fully saturated rings. The van der Waals surface area contributed by atoms with Gasteiger partial charge in [-0.2, -0.15) is 0 Å². The third-order valence-corrected chi connectivity index (χ3v) is 2.61. The third kappa shape index (κ3) is 6.22. The van der Waals surface area contributed by atoms with Gasteiger partial charge in [0.15, 0.2) is 0 Å². The first-order chi connectivity index (χ1) is 8.83. The number of hydrogen-bond donors (Lipinski definition) is 1. The zero-order chi connectivity index (χ0) is 15.0. The molecule has 0 heterocycles. The van der Waals surface area contributed by atoms with Gasteiger partial charge < -0.3 is 15.0 Å². The predicted octanol–water partition coefficient (Wildman–Crippen LogP) is 0.559. The van der Waals surface area contributed by atoms with Gasteiger partial charge in [-0.3, -0.25) is 14.4 Å². The molecule has 6 heteroatoms. The van der Waals surface area contributed by atoms with E-state index in [2.05, 4.69) is 5.32 Å². The minimum absolute atomic E-state index is 0.0485. The van der Waals surface area contributed by atoms with E-state index in [9.17, 15) is 14.4 Å². The highest BCUT2D eigenvalue weighted by atomic mass is 16.5. The maximum Gasteiger partial charge on any atom is 0.325 e. The maximum absolute atomic E-state index is 12.3. The van der Waals surface area contributed by atoms with Crippen molar-refractivity contribution < 1.29 is 19.1 Å². The standard InChI is InChI=1S/C13H24N2O4/c1-6-15(8-11(17)19-7-2)13(18)12(9(3)4)14-10(5)16/h9,12H,6-8H2,1-5H3,(H,14,16). The molecule has 0 aliphatic carbocycles. The molecular weight excluding hydrogens is 248 g/mol. The zero-order valence-electron chi connectivity index (χ0n) is 12.4. The van der Waals surface area contributed by atoms with Gasteiger partial charge in [-0.1, -0.05) is 13.8 Å². The van der Waals surface area contributed by atoms with E-state index < -0.39 is 12.0 Å². The van der Waals surface area contributed by atoms with Crippen molar-refractivity contribution in [3.05, 3.63) is 0 Å². The van der Waals surface area contributed by atoms with E-state index in [-0.39, 0.29) is 30.9 Å². The Morgan fingerprint density at radius 3 is 2.16 bits per heavy atom. The second kappa shape index (κ2) is 8.50. The van der Waals surface area contributed by atoms with Crippen LogP contribution in [0.25, 0.3) is 0 Å². The first kappa shape index (κ1) is 17.4. The van der Waals surface area contributed by atoms with E-state index >= 15 is 0 Å². The highest BCUT2D eigenvalue weighted by Crippen LogP contribution is 2.07. The monoisotopic (exact) mass is 272 g/mol. The van der Waals surface area contributed by atoms with E-state index in [0.29, 0.717) is 6.54 Å². The van der Waals surface area contributed by atoms with Gasteiger partial charge in [0.1, 0.15) is 12.6 Å². The van der Waals surface area contributed by atoms with E-state index in [1.165, 1.54) is 11.8 Å². The van der Waals surface area contributed by atoms with Crippen LogP contribution in [0.2, 0.25) is 0 Å². The highest BCUT2D eigenvalue weighted by Gasteiger charge is 2.28. The third-order valence-electron chi connectivity index (χ3n) is 2.61. The van der Waals surface area contributed by atoms with E-state index in [4.69, 9.17) is 4.74 Å². The predicted molar refractivity (Wildman–Crippen MR) is 71.3 cm³/mol. The lowest BCUT2D eigenvalue weighted by Gasteiger charge is -2.28. The summed E-state index contributed by atoms with van der Waals surface area (Å²) in [6.07, 6.45) is 0. The van der Waals surface area contributed by atoms with Crippen molar-refractivity contribution in [2.45, 2.75) is 40.7 Å². The van der Waals surface area contributed by atoms with Crippen LogP contribution in [-0.2, 0) is 19.1 Å². The summed E-state index contributed by atoms with van der Waals surface area (Å²) in [6, 6.07) is -0.619. The van der Waals surface area contributed by atoms with Crippen LogP contribution in [0, 0.1) is 5.92 Å². The van der Waals surface area contributed by atoms with E-state index in [0.717, 1.165) is 0 Å². The fourth-order valence-electron chi connectivity index (χ4n) is 1.64. The van der Waals surface area contributed by atoms with Gasteiger partial charge in [-0.15, -0.1) is 0 Å². The molecule has 6 nitrogen and oxygen atoms in total. The molecule has 1 atom stereocenters. The van der Waals surface area contributed by atoms with Crippen LogP contribution in [0.3, 0.4) is 0 Å². The number of amides is 2. The van der Waals surface area contributed by atoms with Gasteiger partial charge in [0, 0.05) is 13.5 Å². The lowest BCUT2D eigenvalue weighted by Crippen LogP contribution is -2.52. The summed E-state index contributed by atoms with van der Waals surface area (Å²) in [7, 11) is 0. The molecule has 110 valence electrons. The number of hydrogen-bond acceptors (Lipinski definition) is 4. The lowest BCUT2D eigenvalue weighted by molar-refractivity contribution is -0.150. The Morgan fingerprint density at radius 2 is 1.79 bits per heavy atom. The summed E-state index contributed by atoms with van der Waals surface area (Å²) in [5, 5.41) is 2.62. The first-order valence-electron chi connectivity index (χ1n) is 6.54. The van der Waals surface area contributed by atoms with Gasteiger partial charge in [-0.25, -0.2) is 0 Å². The maximum atomic E-state index is 12.3. The van der Waals surface area contributed by atoms with Gasteiger partial charge in [0.2, 0.25) is 11.8 Å². The Labute approximate surface area is 114 Å². The molecule has 19 heavy (non-hydrogen) atoms. The number of carbonyl (C=O) groups excluding carboxylic acids is 3. The summed E-state index contributed by atoms with van der Waals surface area (Å²) < 4.78 is 4.83. The summed E-state index contributed by atoms with van der Waals surface area (Å²) in [6.45, 7) is 9.13. The van der Waals surface area contributed by atoms with Crippen LogP contribution in [-0.4, -0.2) is 48.4 Å². The van der Waals surface area contributed by atoms with Crippen molar-refractivity contribution in [1.82, 2.24) is 10.2 Å². The van der Waals surface area contributed by atoms with Crippen LogP contribution in [0.5, 0.6) is 0 Å². The van der Waals surface area contributed by atoms with Crippen molar-refractivity contribution in [1.29, 1.82) is 0 Å². The molecule has 1 N–H and O–H groups in total. The van der Waals surface area contributed by atoms with Crippen molar-refractivity contribution >= 4 is 17.8 Å². The molecule has 0 saturated heterocycles. The van der Waals surface area contributed by atoms with E-state index in [1.54, 1.807) is 13.8 Å². The Kier molecular flexibility index (Phi) is 7.79. The molecule has 1 unspecified atom stereocenters. The Morgan fingerprint density at radius 1 is 1.21 bits per heavy atom. The van der Waals surface area contributed by atoms with E-state index in [1.807, 2.05) is 13.8 Å². The molecule has 0 aromatic carbocycles. The van der Waals surface area contributed by atoms with Gasteiger partial charge >= 0.3 is 5.97 Å². The molecule has 0 rings (SSSR count). The fourth-order valence-corrected chi connectivity index (χ4v) is 1.64. The molecule has 0 aromatic heterocycles. The van der Waals surface area contributed by atoms with Crippen molar-refractivity contribution in [2.24, 2.45) is 5.92 Å². The minimum atomic E-state index is -0.619. The number of esters is 1. The molecule has 0 saturated carbocycles. The normalized spacial score (nSPS) is 11.9. The minimum Gasteiger partial charge on any atom is -0.465 e. The quantitative estimate of drug-likeness (QED) is 0.687. The van der Waals surface area contributed by atoms with Gasteiger partial charge in [-0.05, 0) is 19.8 Å². The number of nitrogens with one attached hydrogen (secondary N) is 1. The number of ether oxygens (including phenoxy) is 1. The number of carbonyl (C=O) groups is 3. The number of likely N-dealkylation sites (N-methyl/N-ethyl adjacent to an activating group) is 1. The summed E-state index contributed by atoms with van der Waals surface area (Å²) >= 11 is 0. The zero-order valence-corrected chi connectivity index (χ0v) is 12.4. The van der Waals surface area contributed by atoms with Crippen molar-refractivity contribution in [3.8, 4) is 0 Å². The molecule has 0 bridgehead atoms. The number of nitrogens with zero attached hydrogens (tertiary/aromatic N) is 1. The Bertz CT molecular complexity index is 329. The largest absolute Gasteiger partial charge is 0.465 e. The lowest BCUT2D eigenvalue weighted by atomic mass is 10.0. The molecule has 0 aromatic rings. The second-order valence-electron chi connectivity index (χ2n) is 4.58. The molecular formula is C13H24N2O4. The SMILES string of the molecule is CCOC(=O)CN(CC)C(=O)C(NC(C)=O)C(C)C. The molecule has 0 radical (unpaired) electrons. The van der Waals surface area contributed by atoms with Gasteiger partial charge in [0.05, 0.1) is 6.61 Å². The summed E-state index contributed by atoms with van der Waals surface area (Å²) in [5.41, 5.74) is 0. The molecule has 2 amide bonds. The van der Waals surface area contributed by atoms with Crippen LogP contribution >= 0.6 is 0 Å². The number of rotatable bonds is 7. The second-order valence-corrected chi connectivity index (χ2v) is 4.58. The first-order valence-corrected chi connectivity index (χ1v) is 6.54. The topological polar surface area (TPSA) is 75.7 Å². The Balaban J connectivity index is 4.77. The molecule has 0 aliphatic heterocycles. The average Bonchev–Trinajstić information content (AvgIpc) is 2.32. The van der Waals surface area contributed by atoms with Crippen LogP contribution in [0.4, 0.5) is 0 Å². The molecule has 0 spiro atoms. The van der Waals surface area contributed by atoms with Crippen molar-refractivity contribution in [3.63, 3.8) is 0 Å². The van der Waals surface area contributed by atoms with Crippen LogP contribution in [0.15, 0.2) is 0 Å². The van der Waals surface area contributed by atoms with Crippen LogP contribution in [0.1, 0.15) is 34.6 Å². The summed E-state index contributed by atoms with van der Waals surface area (Å²) in [4.78, 5) is 36.2. The smallest absolute Gasteiger partial charge is 0.325 e. The van der Waals surface area contributed by atoms with Crippen LogP contribution < -0.4 is 5.32 Å². The summed E-state index contributed by atoms with van der Waals surface area (Å²) in [5.74, 6) is -1.02. The van der Waals surface area contributed by atoms with Gasteiger partial charge in [0.25, 0.3) is 0 Å². The Hall–Kier alpha value is -1.59. The molecule has 0 aliphatic rings. The fraction of sp³-hybridized carbons (Fsp3) is 0.769. The van der Waals surface area contributed by atoms with Crippen molar-refractivity contribution in [2.75, 3.05) is 19.7 Å². The average molecular weight is 272 g/mol. The highest BCUT2D eigenvalue weighted by molar-refractivity contribution is 5.89.